The first-order valence-electron chi connectivity index (χ1n) is 12.1. The third kappa shape index (κ3) is 6.65. The number of aryl methyl sites for hydroxylation is 1. The van der Waals surface area contributed by atoms with Crippen molar-refractivity contribution in [2.45, 2.75) is 37.8 Å². The first kappa shape index (κ1) is 29.0. The van der Waals surface area contributed by atoms with E-state index in [4.69, 9.17) is 16.3 Å². The van der Waals surface area contributed by atoms with Crippen LogP contribution in [0.1, 0.15) is 24.5 Å². The minimum atomic E-state index is -4.16. The highest BCUT2D eigenvalue weighted by Crippen LogP contribution is 2.30. The van der Waals surface area contributed by atoms with Crippen LogP contribution in [0.15, 0.2) is 77.7 Å². The minimum Gasteiger partial charge on any atom is -0.497 e. The van der Waals surface area contributed by atoms with Gasteiger partial charge >= 0.3 is 0 Å². The zero-order chi connectivity index (χ0) is 27.9. The maximum atomic E-state index is 14.0. The van der Waals surface area contributed by atoms with E-state index in [0.29, 0.717) is 22.8 Å². The first-order valence-corrected chi connectivity index (χ1v) is 13.9. The second-order valence-electron chi connectivity index (χ2n) is 8.67. The normalized spacial score (nSPS) is 11.9. The van der Waals surface area contributed by atoms with Gasteiger partial charge < -0.3 is 15.0 Å². The Morgan fingerprint density at radius 3 is 2.37 bits per heavy atom. The molecule has 8 nitrogen and oxygen atoms in total. The average Bonchev–Trinajstić information content (AvgIpc) is 2.93. The van der Waals surface area contributed by atoms with Gasteiger partial charge in [-0.25, -0.2) is 8.42 Å². The van der Waals surface area contributed by atoms with Gasteiger partial charge in [0.1, 0.15) is 18.3 Å². The van der Waals surface area contributed by atoms with Crippen molar-refractivity contribution in [2.24, 2.45) is 0 Å². The monoisotopic (exact) mass is 557 g/mol. The Balaban J connectivity index is 2.09. The van der Waals surface area contributed by atoms with Crippen LogP contribution in [0.4, 0.5) is 5.69 Å². The number of halogens is 1. The third-order valence-corrected chi connectivity index (χ3v) is 8.18. The van der Waals surface area contributed by atoms with E-state index < -0.39 is 28.5 Å². The number of sulfonamides is 1. The van der Waals surface area contributed by atoms with Gasteiger partial charge in [0.2, 0.25) is 11.8 Å². The molecule has 0 aliphatic heterocycles. The number of nitrogens with zero attached hydrogens (tertiary/aromatic N) is 2. The SMILES string of the molecule is CCC(C(=O)NC)N(Cc1cccc(OC)c1)C(=O)CN(c1cc(Cl)ccc1C)S(=O)(=O)c1ccccc1. The molecule has 0 aliphatic carbocycles. The Labute approximate surface area is 229 Å². The molecule has 10 heteroatoms. The molecule has 0 heterocycles. The second-order valence-corrected chi connectivity index (χ2v) is 11.0. The molecule has 3 aromatic carbocycles. The summed E-state index contributed by atoms with van der Waals surface area (Å²) in [6, 6.07) is 19.1. The molecule has 1 unspecified atom stereocenters. The predicted octanol–water partition coefficient (Wildman–Crippen LogP) is 4.41. The van der Waals surface area contributed by atoms with E-state index in [1.165, 1.54) is 30.1 Å². The van der Waals surface area contributed by atoms with Gasteiger partial charge in [0.25, 0.3) is 10.0 Å². The van der Waals surface area contributed by atoms with Crippen molar-refractivity contribution in [2.75, 3.05) is 25.0 Å². The molecule has 3 aromatic rings. The van der Waals surface area contributed by atoms with Gasteiger partial charge in [-0.3, -0.25) is 13.9 Å². The summed E-state index contributed by atoms with van der Waals surface area (Å²) in [5.74, 6) is -0.284. The van der Waals surface area contributed by atoms with E-state index in [0.717, 1.165) is 9.87 Å². The van der Waals surface area contributed by atoms with Crippen molar-refractivity contribution in [1.29, 1.82) is 0 Å². The number of benzene rings is 3. The van der Waals surface area contributed by atoms with Crippen molar-refractivity contribution >= 4 is 39.1 Å². The number of likely N-dealkylation sites (N-methyl/N-ethyl adjacent to an activating group) is 1. The zero-order valence-electron chi connectivity index (χ0n) is 21.8. The standard InChI is InChI=1S/C28H32ClN3O5S/c1-5-25(28(34)30-3)31(18-21-10-9-11-23(16-21)37-4)27(33)19-32(26-17-22(29)15-14-20(26)2)38(35,36)24-12-7-6-8-13-24/h6-17,25H,5,18-19H2,1-4H3,(H,30,34). The highest BCUT2D eigenvalue weighted by atomic mass is 35.5. The number of hydrogen-bond acceptors (Lipinski definition) is 5. The van der Waals surface area contributed by atoms with E-state index in [9.17, 15) is 18.0 Å². The van der Waals surface area contributed by atoms with Crippen LogP contribution in [-0.4, -0.2) is 51.9 Å². The molecule has 2 amide bonds. The van der Waals surface area contributed by atoms with Crippen LogP contribution < -0.4 is 14.4 Å². The predicted molar refractivity (Wildman–Crippen MR) is 149 cm³/mol. The van der Waals surface area contributed by atoms with Crippen LogP contribution >= 0.6 is 11.6 Å². The average molecular weight is 558 g/mol. The Kier molecular flexibility index (Phi) is 9.77. The molecular weight excluding hydrogens is 526 g/mol. The van der Waals surface area contributed by atoms with Crippen LogP contribution in [0, 0.1) is 6.92 Å². The summed E-state index contributed by atoms with van der Waals surface area (Å²) in [5, 5.41) is 2.94. The van der Waals surface area contributed by atoms with Crippen molar-refractivity contribution in [1.82, 2.24) is 10.2 Å². The molecule has 1 N–H and O–H groups in total. The Morgan fingerprint density at radius 2 is 1.74 bits per heavy atom. The number of nitrogens with one attached hydrogen (secondary N) is 1. The lowest BCUT2D eigenvalue weighted by Gasteiger charge is -2.33. The fourth-order valence-electron chi connectivity index (χ4n) is 4.14. The Bertz CT molecular complexity index is 1380. The highest BCUT2D eigenvalue weighted by Gasteiger charge is 2.34. The molecule has 0 aliphatic rings. The highest BCUT2D eigenvalue weighted by molar-refractivity contribution is 7.92. The summed E-state index contributed by atoms with van der Waals surface area (Å²) in [4.78, 5) is 28.2. The molecule has 0 radical (unpaired) electrons. The molecule has 0 bridgehead atoms. The van der Waals surface area contributed by atoms with Crippen LogP contribution in [0.2, 0.25) is 5.02 Å². The number of ether oxygens (including phenoxy) is 1. The van der Waals surface area contributed by atoms with Gasteiger partial charge in [0, 0.05) is 18.6 Å². The van der Waals surface area contributed by atoms with E-state index in [1.54, 1.807) is 69.5 Å². The first-order chi connectivity index (χ1) is 18.1. The lowest BCUT2D eigenvalue weighted by molar-refractivity contribution is -0.140. The largest absolute Gasteiger partial charge is 0.497 e. The van der Waals surface area contributed by atoms with Gasteiger partial charge in [-0.15, -0.1) is 0 Å². The summed E-state index contributed by atoms with van der Waals surface area (Å²) in [7, 11) is -1.11. The molecule has 3 rings (SSSR count). The second kappa shape index (κ2) is 12.8. The van der Waals surface area contributed by atoms with Crippen molar-refractivity contribution in [3.63, 3.8) is 0 Å². The number of carbonyl (C=O) groups is 2. The van der Waals surface area contributed by atoms with Crippen molar-refractivity contribution in [3.8, 4) is 5.75 Å². The number of rotatable bonds is 11. The van der Waals surface area contributed by atoms with Crippen LogP contribution in [0.5, 0.6) is 5.75 Å². The molecule has 0 saturated carbocycles. The van der Waals surface area contributed by atoms with E-state index >= 15 is 0 Å². The van der Waals surface area contributed by atoms with Crippen molar-refractivity contribution < 1.29 is 22.7 Å². The van der Waals surface area contributed by atoms with Gasteiger partial charge in [-0.2, -0.15) is 0 Å². The summed E-state index contributed by atoms with van der Waals surface area (Å²) in [6.45, 7) is 3.09. The lowest BCUT2D eigenvalue weighted by atomic mass is 10.1. The summed E-state index contributed by atoms with van der Waals surface area (Å²) >= 11 is 6.24. The third-order valence-electron chi connectivity index (χ3n) is 6.17. The van der Waals surface area contributed by atoms with E-state index in [-0.39, 0.29) is 23.0 Å². The van der Waals surface area contributed by atoms with Gasteiger partial charge in [-0.05, 0) is 60.9 Å². The fourth-order valence-corrected chi connectivity index (χ4v) is 5.80. The molecule has 0 spiro atoms. The molecular formula is C28H32ClN3O5S. The Morgan fingerprint density at radius 1 is 1.03 bits per heavy atom. The van der Waals surface area contributed by atoms with E-state index in [2.05, 4.69) is 5.32 Å². The summed E-state index contributed by atoms with van der Waals surface area (Å²) in [6.07, 6.45) is 0.330. The van der Waals surface area contributed by atoms with Crippen LogP contribution in [0.3, 0.4) is 0 Å². The van der Waals surface area contributed by atoms with Crippen LogP contribution in [0.25, 0.3) is 0 Å². The molecule has 202 valence electrons. The van der Waals surface area contributed by atoms with E-state index in [1.807, 2.05) is 6.07 Å². The topological polar surface area (TPSA) is 96.0 Å². The van der Waals surface area contributed by atoms with Gasteiger partial charge in [-0.1, -0.05) is 54.9 Å². The molecule has 38 heavy (non-hydrogen) atoms. The number of hydrogen-bond donors (Lipinski definition) is 1. The quantitative estimate of drug-likeness (QED) is 0.377. The number of amides is 2. The summed E-state index contributed by atoms with van der Waals surface area (Å²) in [5.41, 5.74) is 1.64. The molecule has 0 aromatic heterocycles. The molecule has 0 saturated heterocycles. The van der Waals surface area contributed by atoms with Crippen LogP contribution in [-0.2, 0) is 26.2 Å². The number of anilines is 1. The molecule has 0 fully saturated rings. The number of carbonyl (C=O) groups excluding carboxylic acids is 2. The lowest BCUT2D eigenvalue weighted by Crippen LogP contribution is -2.51. The molecule has 1 atom stereocenters. The smallest absolute Gasteiger partial charge is 0.264 e. The number of methoxy groups -OCH3 is 1. The maximum Gasteiger partial charge on any atom is 0.264 e. The Hall–Kier alpha value is -3.56. The van der Waals surface area contributed by atoms with Gasteiger partial charge in [0.15, 0.2) is 0 Å². The maximum absolute atomic E-state index is 14.0. The zero-order valence-corrected chi connectivity index (χ0v) is 23.4. The minimum absolute atomic E-state index is 0.0323. The van der Waals surface area contributed by atoms with Crippen molar-refractivity contribution in [3.05, 3.63) is 88.9 Å². The van der Waals surface area contributed by atoms with Gasteiger partial charge in [0.05, 0.1) is 17.7 Å². The summed E-state index contributed by atoms with van der Waals surface area (Å²) < 4.78 is 34.1. The fraction of sp³-hybridized carbons (Fsp3) is 0.286.